The van der Waals surface area contributed by atoms with Crippen LogP contribution in [0.2, 0.25) is 0 Å². The van der Waals surface area contributed by atoms with Gasteiger partial charge in [0.05, 0.1) is 17.7 Å². The Labute approximate surface area is 355 Å². The van der Waals surface area contributed by atoms with E-state index in [9.17, 15) is 0 Å². The summed E-state index contributed by atoms with van der Waals surface area (Å²) in [5.41, 5.74) is 11.5. The van der Waals surface area contributed by atoms with E-state index < -0.39 is 0 Å². The van der Waals surface area contributed by atoms with Crippen molar-refractivity contribution in [1.29, 1.82) is 0 Å². The maximum atomic E-state index is 6.92. The van der Waals surface area contributed by atoms with Crippen LogP contribution in [-0.2, 0) is 10.8 Å². The van der Waals surface area contributed by atoms with Crippen molar-refractivity contribution in [1.82, 2.24) is 9.55 Å². The van der Waals surface area contributed by atoms with Gasteiger partial charge in [-0.05, 0) is 87.8 Å². The Morgan fingerprint density at radius 2 is 1.20 bits per heavy atom. The molecule has 0 fully saturated rings. The highest BCUT2D eigenvalue weighted by atomic mass is 16.5. The molecule has 0 aliphatic carbocycles. The molecule has 0 N–H and O–H groups in total. The van der Waals surface area contributed by atoms with Crippen LogP contribution in [-0.4, -0.2) is 16.2 Å². The van der Waals surface area contributed by atoms with Gasteiger partial charge >= 0.3 is 0 Å². The first-order valence-corrected chi connectivity index (χ1v) is 21.1. The van der Waals surface area contributed by atoms with Gasteiger partial charge in [0.25, 0.3) is 0 Å². The smallest absolute Gasteiger partial charge is 0.137 e. The van der Waals surface area contributed by atoms with Crippen LogP contribution in [0.5, 0.6) is 11.5 Å². The molecule has 0 bridgehead atoms. The van der Waals surface area contributed by atoms with E-state index >= 15 is 0 Å². The fraction of sp³-hybridized carbons (Fsp3) is 0.218. The van der Waals surface area contributed by atoms with Gasteiger partial charge in [-0.1, -0.05) is 146 Å². The van der Waals surface area contributed by atoms with Crippen LogP contribution in [0.4, 0.5) is 11.4 Å². The zero-order valence-electron chi connectivity index (χ0n) is 36.1. The molecule has 0 amide bonds. The van der Waals surface area contributed by atoms with Gasteiger partial charge in [0.1, 0.15) is 17.3 Å². The van der Waals surface area contributed by atoms with Crippen LogP contribution in [0, 0.1) is 5.41 Å². The highest BCUT2D eigenvalue weighted by Crippen LogP contribution is 2.43. The number of aromatic nitrogens is 2. The van der Waals surface area contributed by atoms with Crippen molar-refractivity contribution in [2.75, 3.05) is 16.5 Å². The SMILES string of the molecule is CC(C)(C)C1=CN(c2cc(Oc3ccc4c5ccccc5n(-c5cc(C(C)(C)C)ccn5)c4c3)cc(-c3ccccc3)c2)CN1c1cccc(C(C)(C)c2ccccc2)c1. The molecule has 6 aromatic carbocycles. The van der Waals surface area contributed by atoms with Gasteiger partial charge in [0.15, 0.2) is 0 Å². The van der Waals surface area contributed by atoms with E-state index in [1.54, 1.807) is 0 Å². The second-order valence-corrected chi connectivity index (χ2v) is 18.7. The lowest BCUT2D eigenvalue weighted by Crippen LogP contribution is -2.31. The molecule has 9 rings (SSSR count). The summed E-state index contributed by atoms with van der Waals surface area (Å²) >= 11 is 0. The van der Waals surface area contributed by atoms with Gasteiger partial charge in [-0.3, -0.25) is 4.57 Å². The first-order chi connectivity index (χ1) is 28.7. The number of fused-ring (bicyclic) bond motifs is 3. The third kappa shape index (κ3) is 7.34. The molecule has 0 saturated heterocycles. The first-order valence-electron chi connectivity index (χ1n) is 21.1. The van der Waals surface area contributed by atoms with Crippen LogP contribution in [0.25, 0.3) is 38.8 Å². The Morgan fingerprint density at radius 1 is 0.500 bits per heavy atom. The summed E-state index contributed by atoms with van der Waals surface area (Å²) in [6, 6.07) is 56.4. The fourth-order valence-electron chi connectivity index (χ4n) is 8.56. The monoisotopic (exact) mass is 786 g/mol. The molecule has 0 atom stereocenters. The van der Waals surface area contributed by atoms with E-state index in [-0.39, 0.29) is 16.2 Å². The Hall–Kier alpha value is -6.59. The molecular formula is C55H54N4O. The largest absolute Gasteiger partial charge is 0.457 e. The number of benzene rings is 6. The third-order valence-corrected chi connectivity index (χ3v) is 12.1. The zero-order chi connectivity index (χ0) is 41.8. The predicted molar refractivity (Wildman–Crippen MR) is 252 cm³/mol. The maximum Gasteiger partial charge on any atom is 0.137 e. The molecule has 1 aliphatic heterocycles. The molecule has 0 unspecified atom stereocenters. The average Bonchev–Trinajstić information content (AvgIpc) is 3.85. The molecule has 2 aromatic heterocycles. The minimum atomic E-state index is -0.150. The summed E-state index contributed by atoms with van der Waals surface area (Å²) in [7, 11) is 0. The Kier molecular flexibility index (Phi) is 9.66. The number of para-hydroxylation sites is 1. The van der Waals surface area contributed by atoms with E-state index in [0.29, 0.717) is 6.67 Å². The summed E-state index contributed by atoms with van der Waals surface area (Å²) in [6.07, 6.45) is 4.25. The number of ether oxygens (including phenoxy) is 1. The fourth-order valence-corrected chi connectivity index (χ4v) is 8.56. The Morgan fingerprint density at radius 3 is 1.95 bits per heavy atom. The molecule has 300 valence electrons. The lowest BCUT2D eigenvalue weighted by Gasteiger charge is -2.32. The van der Waals surface area contributed by atoms with Gasteiger partial charge in [-0.2, -0.15) is 0 Å². The van der Waals surface area contributed by atoms with Gasteiger partial charge < -0.3 is 14.5 Å². The maximum absolute atomic E-state index is 6.92. The minimum absolute atomic E-state index is 0.00920. The summed E-state index contributed by atoms with van der Waals surface area (Å²) in [6.45, 7) is 18.9. The van der Waals surface area contributed by atoms with E-state index in [1.165, 1.54) is 33.5 Å². The van der Waals surface area contributed by atoms with Crippen molar-refractivity contribution in [3.63, 3.8) is 0 Å². The number of allylic oxidation sites excluding steroid dienone is 1. The second kappa shape index (κ2) is 14.9. The lowest BCUT2D eigenvalue weighted by molar-refractivity contribution is 0.483. The summed E-state index contributed by atoms with van der Waals surface area (Å²) in [5.74, 6) is 2.44. The summed E-state index contributed by atoms with van der Waals surface area (Å²) in [4.78, 5) is 9.73. The predicted octanol–water partition coefficient (Wildman–Crippen LogP) is 14.4. The van der Waals surface area contributed by atoms with Crippen LogP contribution in [0.3, 0.4) is 0 Å². The van der Waals surface area contributed by atoms with Gasteiger partial charge in [0.2, 0.25) is 0 Å². The molecule has 60 heavy (non-hydrogen) atoms. The van der Waals surface area contributed by atoms with Crippen molar-refractivity contribution in [3.05, 3.63) is 193 Å². The average molecular weight is 787 g/mol. The number of anilines is 2. The molecular weight excluding hydrogens is 733 g/mol. The van der Waals surface area contributed by atoms with Crippen molar-refractivity contribution in [2.45, 2.75) is 66.2 Å². The van der Waals surface area contributed by atoms with Crippen LogP contribution < -0.4 is 14.5 Å². The lowest BCUT2D eigenvalue weighted by atomic mass is 9.78. The minimum Gasteiger partial charge on any atom is -0.457 e. The standard InChI is InChI=1S/C55H54N4O/c1-53(2,3)41-28-29-56-52(33-41)59-49-25-16-15-24-47(49)48-27-26-45(35-50(48)59)60-46-31-39(38-18-11-9-12-19-38)30-44(34-46)57-36-51(54(4,5)6)58(37-57)43-23-17-22-42(32-43)55(7,8)40-20-13-10-14-21-40/h9-36H,37H2,1-8H3. The third-order valence-electron chi connectivity index (χ3n) is 12.1. The number of rotatable bonds is 8. The van der Waals surface area contributed by atoms with Crippen molar-refractivity contribution >= 4 is 33.2 Å². The van der Waals surface area contributed by atoms with E-state index in [1.807, 2.05) is 6.20 Å². The van der Waals surface area contributed by atoms with E-state index in [0.717, 1.165) is 50.6 Å². The number of hydrogen-bond acceptors (Lipinski definition) is 4. The quantitative estimate of drug-likeness (QED) is 0.154. The summed E-state index contributed by atoms with van der Waals surface area (Å²) in [5, 5.41) is 2.34. The normalized spacial score (nSPS) is 13.6. The molecule has 5 heteroatoms. The molecule has 3 heterocycles. The zero-order valence-corrected chi connectivity index (χ0v) is 36.1. The highest BCUT2D eigenvalue weighted by molar-refractivity contribution is 6.09. The molecule has 1 aliphatic rings. The first kappa shape index (κ1) is 38.9. The van der Waals surface area contributed by atoms with E-state index in [4.69, 9.17) is 9.72 Å². The molecule has 0 saturated carbocycles. The van der Waals surface area contributed by atoms with E-state index in [2.05, 4.69) is 234 Å². The van der Waals surface area contributed by atoms with Crippen LogP contribution in [0.1, 0.15) is 72.1 Å². The topological polar surface area (TPSA) is 33.5 Å². The highest BCUT2D eigenvalue weighted by Gasteiger charge is 2.33. The van der Waals surface area contributed by atoms with Crippen LogP contribution in [0.15, 0.2) is 176 Å². The number of nitrogens with zero attached hydrogens (tertiary/aromatic N) is 4. The summed E-state index contributed by atoms with van der Waals surface area (Å²) < 4.78 is 9.19. The second-order valence-electron chi connectivity index (χ2n) is 18.7. The van der Waals surface area contributed by atoms with Gasteiger partial charge in [0, 0.05) is 63.2 Å². The van der Waals surface area contributed by atoms with Gasteiger partial charge in [-0.25, -0.2) is 4.98 Å². The van der Waals surface area contributed by atoms with Crippen molar-refractivity contribution in [2.24, 2.45) is 5.41 Å². The van der Waals surface area contributed by atoms with Crippen LogP contribution >= 0.6 is 0 Å². The van der Waals surface area contributed by atoms with Gasteiger partial charge in [-0.15, -0.1) is 0 Å². The molecule has 0 spiro atoms. The van der Waals surface area contributed by atoms with Crippen molar-refractivity contribution in [3.8, 4) is 28.4 Å². The molecule has 5 nitrogen and oxygen atoms in total. The Bertz CT molecular complexity index is 2870. The molecule has 8 aromatic rings. The molecule has 0 radical (unpaired) electrons. The number of hydrogen-bond donors (Lipinski definition) is 0. The van der Waals surface area contributed by atoms with Crippen molar-refractivity contribution < 1.29 is 4.74 Å². The Balaban J connectivity index is 1.11. The number of pyridine rings is 1.